The van der Waals surface area contributed by atoms with Crippen LogP contribution < -0.4 is 4.90 Å². The fourth-order valence-corrected chi connectivity index (χ4v) is 5.26. The van der Waals surface area contributed by atoms with Gasteiger partial charge in [0.2, 0.25) is 0 Å². The Labute approximate surface area is 202 Å². The third-order valence-corrected chi connectivity index (χ3v) is 7.27. The SMILES string of the molecule is O=C(C[C@@]1(O)C(=O)N(Cc2ccccc2Cl)c2ccc(Cl)cc21)c1ccc2c(c1)CCCC2. The van der Waals surface area contributed by atoms with Gasteiger partial charge in [0.05, 0.1) is 18.7 Å². The zero-order valence-corrected chi connectivity index (χ0v) is 19.5. The number of aryl methyl sites for hydroxylation is 2. The lowest BCUT2D eigenvalue weighted by Crippen LogP contribution is -2.41. The molecule has 168 valence electrons. The zero-order valence-electron chi connectivity index (χ0n) is 18.0. The van der Waals surface area contributed by atoms with Crippen molar-refractivity contribution < 1.29 is 14.7 Å². The van der Waals surface area contributed by atoms with E-state index in [2.05, 4.69) is 0 Å². The van der Waals surface area contributed by atoms with Crippen molar-refractivity contribution in [1.29, 1.82) is 0 Å². The van der Waals surface area contributed by atoms with Gasteiger partial charge in [0, 0.05) is 21.2 Å². The number of anilines is 1. The summed E-state index contributed by atoms with van der Waals surface area (Å²) < 4.78 is 0. The monoisotopic (exact) mass is 479 g/mol. The van der Waals surface area contributed by atoms with E-state index in [1.807, 2.05) is 30.3 Å². The van der Waals surface area contributed by atoms with Gasteiger partial charge in [-0.25, -0.2) is 0 Å². The van der Waals surface area contributed by atoms with Gasteiger partial charge < -0.3 is 10.0 Å². The maximum absolute atomic E-state index is 13.5. The average Bonchev–Trinajstić information content (AvgIpc) is 3.01. The van der Waals surface area contributed by atoms with Crippen LogP contribution in [0.5, 0.6) is 0 Å². The number of ketones is 1. The number of hydrogen-bond acceptors (Lipinski definition) is 3. The molecule has 3 aromatic rings. The molecule has 1 aliphatic heterocycles. The van der Waals surface area contributed by atoms with Gasteiger partial charge in [0.1, 0.15) is 0 Å². The zero-order chi connectivity index (χ0) is 23.2. The molecule has 6 heteroatoms. The summed E-state index contributed by atoms with van der Waals surface area (Å²) in [5.74, 6) is -0.823. The molecule has 2 aliphatic rings. The molecule has 0 spiro atoms. The van der Waals surface area contributed by atoms with Crippen LogP contribution >= 0.6 is 23.2 Å². The molecule has 0 aromatic heterocycles. The number of carbonyl (C=O) groups excluding carboxylic acids is 2. The van der Waals surface area contributed by atoms with E-state index in [1.54, 1.807) is 30.3 Å². The highest BCUT2D eigenvalue weighted by molar-refractivity contribution is 6.31. The highest BCUT2D eigenvalue weighted by atomic mass is 35.5. The molecule has 1 atom stereocenters. The van der Waals surface area contributed by atoms with E-state index < -0.39 is 11.5 Å². The van der Waals surface area contributed by atoms with Crippen LogP contribution in [0.15, 0.2) is 60.7 Å². The summed E-state index contributed by atoms with van der Waals surface area (Å²) in [6, 6.07) is 17.9. The Balaban J connectivity index is 1.49. The number of Topliss-reactive ketones (excluding diaryl/α,β-unsaturated/α-hetero) is 1. The van der Waals surface area contributed by atoms with Crippen molar-refractivity contribution in [2.24, 2.45) is 0 Å². The third kappa shape index (κ3) is 3.97. The number of benzene rings is 3. The first-order chi connectivity index (χ1) is 15.9. The minimum absolute atomic E-state index is 0.183. The van der Waals surface area contributed by atoms with Gasteiger partial charge in [-0.1, -0.05) is 53.5 Å². The molecule has 1 N–H and O–H groups in total. The molecule has 4 nitrogen and oxygen atoms in total. The van der Waals surface area contributed by atoms with Crippen LogP contribution in [-0.2, 0) is 29.8 Å². The molecular formula is C27H23Cl2NO3. The van der Waals surface area contributed by atoms with Crippen LogP contribution in [0, 0.1) is 0 Å². The van der Waals surface area contributed by atoms with Crippen LogP contribution in [0.4, 0.5) is 5.69 Å². The summed E-state index contributed by atoms with van der Waals surface area (Å²) >= 11 is 12.5. The largest absolute Gasteiger partial charge is 0.375 e. The highest BCUT2D eigenvalue weighted by Crippen LogP contribution is 2.45. The fraction of sp³-hybridized carbons (Fsp3) is 0.259. The number of nitrogens with zero attached hydrogens (tertiary/aromatic N) is 1. The molecule has 3 aromatic carbocycles. The van der Waals surface area contributed by atoms with Crippen LogP contribution in [0.25, 0.3) is 0 Å². The van der Waals surface area contributed by atoms with E-state index in [0.717, 1.165) is 31.2 Å². The molecule has 0 unspecified atom stereocenters. The number of fused-ring (bicyclic) bond motifs is 2. The Bertz CT molecular complexity index is 1270. The number of amides is 1. The highest BCUT2D eigenvalue weighted by Gasteiger charge is 2.51. The molecular weight excluding hydrogens is 457 g/mol. The lowest BCUT2D eigenvalue weighted by molar-refractivity contribution is -0.136. The minimum atomic E-state index is -1.99. The Hall–Kier alpha value is -2.66. The van der Waals surface area contributed by atoms with Gasteiger partial charge in [-0.15, -0.1) is 0 Å². The lowest BCUT2D eigenvalue weighted by atomic mass is 9.85. The smallest absolute Gasteiger partial charge is 0.264 e. The fourth-order valence-electron chi connectivity index (χ4n) is 4.89. The second-order valence-corrected chi connectivity index (χ2v) is 9.64. The Morgan fingerprint density at radius 1 is 0.970 bits per heavy atom. The van der Waals surface area contributed by atoms with E-state index in [4.69, 9.17) is 23.2 Å². The first-order valence-corrected chi connectivity index (χ1v) is 11.9. The van der Waals surface area contributed by atoms with Gasteiger partial charge in [-0.3, -0.25) is 9.59 Å². The van der Waals surface area contributed by atoms with Crippen molar-refractivity contribution in [3.05, 3.63) is 98.5 Å². The lowest BCUT2D eigenvalue weighted by Gasteiger charge is -2.23. The van der Waals surface area contributed by atoms with Crippen LogP contribution in [-0.4, -0.2) is 16.8 Å². The summed E-state index contributed by atoms with van der Waals surface area (Å²) in [5, 5.41) is 12.5. The normalized spacial score (nSPS) is 19.4. The predicted molar refractivity (Wildman–Crippen MR) is 130 cm³/mol. The molecule has 0 saturated carbocycles. The first-order valence-electron chi connectivity index (χ1n) is 11.1. The van der Waals surface area contributed by atoms with E-state index in [9.17, 15) is 14.7 Å². The van der Waals surface area contributed by atoms with E-state index in [0.29, 0.717) is 26.9 Å². The van der Waals surface area contributed by atoms with Crippen molar-refractivity contribution in [3.8, 4) is 0 Å². The predicted octanol–water partition coefficient (Wildman–Crippen LogP) is 5.88. The first kappa shape index (κ1) is 22.1. The summed E-state index contributed by atoms with van der Waals surface area (Å²) in [6.45, 7) is 0.183. The van der Waals surface area contributed by atoms with Crippen LogP contribution in [0.1, 0.15) is 51.9 Å². The Kier molecular flexibility index (Phi) is 5.77. The van der Waals surface area contributed by atoms with Crippen molar-refractivity contribution in [3.63, 3.8) is 0 Å². The molecule has 0 radical (unpaired) electrons. The second kappa shape index (κ2) is 8.60. The quantitative estimate of drug-likeness (QED) is 0.464. The van der Waals surface area contributed by atoms with E-state index >= 15 is 0 Å². The average molecular weight is 480 g/mol. The van der Waals surface area contributed by atoms with Crippen molar-refractivity contribution in [2.45, 2.75) is 44.2 Å². The second-order valence-electron chi connectivity index (χ2n) is 8.80. The van der Waals surface area contributed by atoms with Gasteiger partial charge >= 0.3 is 0 Å². The summed E-state index contributed by atoms with van der Waals surface area (Å²) in [4.78, 5) is 28.3. The molecule has 0 bridgehead atoms. The Morgan fingerprint density at radius 2 is 1.73 bits per heavy atom. The van der Waals surface area contributed by atoms with Crippen LogP contribution in [0.3, 0.4) is 0 Å². The van der Waals surface area contributed by atoms with Gasteiger partial charge in [0.15, 0.2) is 11.4 Å². The Morgan fingerprint density at radius 3 is 2.52 bits per heavy atom. The number of hydrogen-bond donors (Lipinski definition) is 1. The number of rotatable bonds is 5. The maximum Gasteiger partial charge on any atom is 0.264 e. The summed E-state index contributed by atoms with van der Waals surface area (Å²) in [7, 11) is 0. The van der Waals surface area contributed by atoms with Crippen molar-refractivity contribution >= 4 is 40.6 Å². The molecule has 1 amide bonds. The van der Waals surface area contributed by atoms with Crippen LogP contribution in [0.2, 0.25) is 10.0 Å². The summed E-state index contributed by atoms with van der Waals surface area (Å²) in [6.07, 6.45) is 3.89. The molecule has 1 aliphatic carbocycles. The molecule has 5 rings (SSSR count). The van der Waals surface area contributed by atoms with Crippen molar-refractivity contribution in [2.75, 3.05) is 4.90 Å². The van der Waals surface area contributed by atoms with Gasteiger partial charge in [0.25, 0.3) is 5.91 Å². The van der Waals surface area contributed by atoms with E-state index in [-0.39, 0.29) is 18.7 Å². The van der Waals surface area contributed by atoms with Gasteiger partial charge in [-0.2, -0.15) is 0 Å². The molecule has 0 saturated heterocycles. The number of halogens is 2. The number of aliphatic hydroxyl groups is 1. The topological polar surface area (TPSA) is 57.6 Å². The minimum Gasteiger partial charge on any atom is -0.375 e. The standard InChI is InChI=1S/C27H23Cl2NO3/c28-21-11-12-24-22(14-21)27(33,26(32)30(24)16-20-7-3-4-8-23(20)29)15-25(31)19-10-9-17-5-1-2-6-18(17)13-19/h3-4,7-14,33H,1-2,5-6,15-16H2/t27-/m0/s1. The number of carbonyl (C=O) groups is 2. The molecule has 1 heterocycles. The molecule has 0 fully saturated rings. The maximum atomic E-state index is 13.5. The van der Waals surface area contributed by atoms with E-state index in [1.165, 1.54) is 16.0 Å². The molecule has 33 heavy (non-hydrogen) atoms. The van der Waals surface area contributed by atoms with Gasteiger partial charge in [-0.05, 0) is 72.7 Å². The summed E-state index contributed by atoms with van der Waals surface area (Å²) in [5.41, 5.74) is 2.61. The third-order valence-electron chi connectivity index (χ3n) is 6.67. The van der Waals surface area contributed by atoms with Crippen molar-refractivity contribution in [1.82, 2.24) is 0 Å².